The van der Waals surface area contributed by atoms with Crippen molar-refractivity contribution in [2.75, 3.05) is 6.61 Å². The Morgan fingerprint density at radius 1 is 1.47 bits per heavy atom. The van der Waals surface area contributed by atoms with Gasteiger partial charge in [-0.3, -0.25) is 0 Å². The zero-order chi connectivity index (χ0) is 11.1. The third-order valence-corrected chi connectivity index (χ3v) is 1.78. The molecule has 2 nitrogen and oxygen atoms in total. The van der Waals surface area contributed by atoms with E-state index in [-0.39, 0.29) is 6.61 Å². The number of hydrogen-bond acceptors (Lipinski definition) is 2. The number of carbonyl (C=O) groups is 1. The van der Waals surface area contributed by atoms with Gasteiger partial charge in [-0.25, -0.2) is 9.18 Å². The van der Waals surface area contributed by atoms with Crippen molar-refractivity contribution in [1.82, 2.24) is 0 Å². The molecule has 1 rings (SSSR count). The number of alkyl halides is 1. The molecule has 0 aliphatic rings. The van der Waals surface area contributed by atoms with Crippen LogP contribution in [0.1, 0.15) is 17.3 Å². The molecule has 0 saturated carbocycles. The van der Waals surface area contributed by atoms with Crippen LogP contribution in [0.4, 0.5) is 4.39 Å². The summed E-state index contributed by atoms with van der Waals surface area (Å²) in [6.45, 7) is 1.48. The molecule has 1 atom stereocenters. The monoisotopic (exact) mass is 208 g/mol. The lowest BCUT2D eigenvalue weighted by molar-refractivity contribution is 0.0437. The highest BCUT2D eigenvalue weighted by molar-refractivity contribution is 5.89. The summed E-state index contributed by atoms with van der Waals surface area (Å²) in [5.74, 6) is -0.497. The van der Waals surface area contributed by atoms with E-state index in [4.69, 9.17) is 4.74 Å². The van der Waals surface area contributed by atoms with Crippen LogP contribution in [-0.2, 0) is 4.74 Å². The maximum Gasteiger partial charge on any atom is 0.338 e. The molecule has 15 heavy (non-hydrogen) atoms. The van der Waals surface area contributed by atoms with E-state index in [2.05, 4.69) is 0 Å². The van der Waals surface area contributed by atoms with Crippen LogP contribution in [0.5, 0.6) is 0 Å². The lowest BCUT2D eigenvalue weighted by Gasteiger charge is -2.05. The Kier molecular flexibility index (Phi) is 4.54. The second-order valence-corrected chi connectivity index (χ2v) is 3.01. The van der Waals surface area contributed by atoms with Gasteiger partial charge in [-0.05, 0) is 19.1 Å². The molecule has 0 saturated heterocycles. The summed E-state index contributed by atoms with van der Waals surface area (Å²) >= 11 is 0. The maximum atomic E-state index is 12.9. The molecule has 0 heterocycles. The minimum absolute atomic E-state index is 0.238. The number of ether oxygens (including phenoxy) is 1. The van der Waals surface area contributed by atoms with Crippen LogP contribution in [0.15, 0.2) is 42.5 Å². The van der Waals surface area contributed by atoms with Gasteiger partial charge in [0.25, 0.3) is 0 Å². The molecule has 1 aromatic rings. The first-order chi connectivity index (χ1) is 7.24. The average Bonchev–Trinajstić information content (AvgIpc) is 2.27. The summed E-state index contributed by atoms with van der Waals surface area (Å²) in [4.78, 5) is 11.3. The third kappa shape index (κ3) is 3.94. The van der Waals surface area contributed by atoms with E-state index in [0.29, 0.717) is 5.56 Å². The van der Waals surface area contributed by atoms with E-state index in [1.165, 1.54) is 6.08 Å². The molecule has 0 aromatic heterocycles. The first-order valence-corrected chi connectivity index (χ1v) is 4.73. The second-order valence-electron chi connectivity index (χ2n) is 3.01. The van der Waals surface area contributed by atoms with Crippen molar-refractivity contribution in [1.29, 1.82) is 0 Å². The van der Waals surface area contributed by atoms with Gasteiger partial charge in [0.05, 0.1) is 5.56 Å². The van der Waals surface area contributed by atoms with Gasteiger partial charge in [0.2, 0.25) is 0 Å². The van der Waals surface area contributed by atoms with Crippen molar-refractivity contribution < 1.29 is 13.9 Å². The highest BCUT2D eigenvalue weighted by Crippen LogP contribution is 2.03. The smallest absolute Gasteiger partial charge is 0.338 e. The van der Waals surface area contributed by atoms with E-state index in [1.807, 2.05) is 0 Å². The largest absolute Gasteiger partial charge is 0.459 e. The normalized spacial score (nSPS) is 12.7. The third-order valence-electron chi connectivity index (χ3n) is 1.78. The van der Waals surface area contributed by atoms with Crippen molar-refractivity contribution in [2.24, 2.45) is 0 Å². The molecule has 0 N–H and O–H groups in total. The van der Waals surface area contributed by atoms with E-state index in [0.717, 1.165) is 0 Å². The molecular weight excluding hydrogens is 195 g/mol. The molecular formula is C12H13FO2. The Bertz CT molecular complexity index is 333. The van der Waals surface area contributed by atoms with Crippen LogP contribution in [0.3, 0.4) is 0 Å². The molecule has 1 aromatic carbocycles. The Labute approximate surface area is 88.4 Å². The Balaban J connectivity index is 2.44. The molecule has 0 amide bonds. The first kappa shape index (κ1) is 11.4. The van der Waals surface area contributed by atoms with Crippen LogP contribution in [-0.4, -0.2) is 18.7 Å². The van der Waals surface area contributed by atoms with Gasteiger partial charge in [0, 0.05) is 0 Å². The van der Waals surface area contributed by atoms with Crippen LogP contribution in [0.2, 0.25) is 0 Å². The van der Waals surface area contributed by atoms with Crippen LogP contribution < -0.4 is 0 Å². The van der Waals surface area contributed by atoms with Gasteiger partial charge in [0.15, 0.2) is 6.17 Å². The van der Waals surface area contributed by atoms with Crippen LogP contribution >= 0.6 is 0 Å². The quantitative estimate of drug-likeness (QED) is 0.561. The van der Waals surface area contributed by atoms with Gasteiger partial charge in [-0.15, -0.1) is 0 Å². The molecule has 0 radical (unpaired) electrons. The molecule has 0 aliphatic heterocycles. The molecule has 0 fully saturated rings. The van der Waals surface area contributed by atoms with Crippen LogP contribution in [0.25, 0.3) is 0 Å². The number of hydrogen-bond donors (Lipinski definition) is 0. The molecule has 80 valence electrons. The minimum Gasteiger partial charge on any atom is -0.459 e. The summed E-state index contributed by atoms with van der Waals surface area (Å²) in [6.07, 6.45) is 1.70. The number of esters is 1. The fourth-order valence-electron chi connectivity index (χ4n) is 1.08. The van der Waals surface area contributed by atoms with E-state index < -0.39 is 12.1 Å². The first-order valence-electron chi connectivity index (χ1n) is 4.73. The summed E-state index contributed by atoms with van der Waals surface area (Å²) in [5, 5.41) is 0. The molecule has 0 bridgehead atoms. The lowest BCUT2D eigenvalue weighted by Crippen LogP contribution is -2.13. The fourth-order valence-corrected chi connectivity index (χ4v) is 1.08. The number of benzene rings is 1. The SMILES string of the molecule is C/C=C/C(F)COC(=O)c1ccccc1. The molecule has 3 heteroatoms. The lowest BCUT2D eigenvalue weighted by atomic mass is 10.2. The van der Waals surface area contributed by atoms with Gasteiger partial charge in [-0.2, -0.15) is 0 Å². The fraction of sp³-hybridized carbons (Fsp3) is 0.250. The number of rotatable bonds is 4. The Morgan fingerprint density at radius 3 is 2.73 bits per heavy atom. The zero-order valence-corrected chi connectivity index (χ0v) is 8.52. The predicted molar refractivity (Wildman–Crippen MR) is 56.4 cm³/mol. The van der Waals surface area contributed by atoms with Crippen molar-refractivity contribution in [3.05, 3.63) is 48.0 Å². The summed E-state index contributed by atoms with van der Waals surface area (Å²) < 4.78 is 17.7. The summed E-state index contributed by atoms with van der Waals surface area (Å²) in [5.41, 5.74) is 0.435. The molecule has 0 aliphatic carbocycles. The van der Waals surface area contributed by atoms with Crippen molar-refractivity contribution in [2.45, 2.75) is 13.1 Å². The highest BCUT2D eigenvalue weighted by atomic mass is 19.1. The van der Waals surface area contributed by atoms with Crippen molar-refractivity contribution in [3.63, 3.8) is 0 Å². The summed E-state index contributed by atoms with van der Waals surface area (Å²) in [7, 11) is 0. The number of halogens is 1. The summed E-state index contributed by atoms with van der Waals surface area (Å²) in [6, 6.07) is 8.52. The van der Waals surface area contributed by atoms with Gasteiger partial charge >= 0.3 is 5.97 Å². The van der Waals surface area contributed by atoms with Crippen molar-refractivity contribution in [3.8, 4) is 0 Å². The number of allylic oxidation sites excluding steroid dienone is 1. The van der Waals surface area contributed by atoms with E-state index in [9.17, 15) is 9.18 Å². The topological polar surface area (TPSA) is 26.3 Å². The standard InChI is InChI=1S/C12H13FO2/c1-2-6-11(13)9-15-12(14)10-7-4-3-5-8-10/h2-8,11H,9H2,1H3/b6-2+. The van der Waals surface area contributed by atoms with Crippen molar-refractivity contribution >= 4 is 5.97 Å². The molecule has 1 unspecified atom stereocenters. The van der Waals surface area contributed by atoms with Gasteiger partial charge < -0.3 is 4.74 Å². The predicted octanol–water partition coefficient (Wildman–Crippen LogP) is 2.76. The van der Waals surface area contributed by atoms with Crippen LogP contribution in [0, 0.1) is 0 Å². The average molecular weight is 208 g/mol. The van der Waals surface area contributed by atoms with Gasteiger partial charge in [0.1, 0.15) is 6.61 Å². The number of carbonyl (C=O) groups excluding carboxylic acids is 1. The van der Waals surface area contributed by atoms with E-state index in [1.54, 1.807) is 43.3 Å². The Morgan fingerprint density at radius 2 is 2.13 bits per heavy atom. The van der Waals surface area contributed by atoms with E-state index >= 15 is 0 Å². The second kappa shape index (κ2) is 5.96. The highest BCUT2D eigenvalue weighted by Gasteiger charge is 2.08. The zero-order valence-electron chi connectivity index (χ0n) is 8.52. The minimum atomic E-state index is -1.23. The Hall–Kier alpha value is -1.64. The van der Waals surface area contributed by atoms with Gasteiger partial charge in [-0.1, -0.05) is 30.4 Å². The maximum absolute atomic E-state index is 12.9. The molecule has 0 spiro atoms.